The average molecular weight is 370 g/mol. The van der Waals surface area contributed by atoms with Gasteiger partial charge >= 0.3 is 0 Å². The zero-order chi connectivity index (χ0) is 18.1. The molecule has 0 aliphatic carbocycles. The molecule has 2 fully saturated rings. The lowest BCUT2D eigenvalue weighted by atomic mass is 9.94. The zero-order valence-electron chi connectivity index (χ0n) is 16.4. The van der Waals surface area contributed by atoms with Gasteiger partial charge in [0.1, 0.15) is 0 Å². The van der Waals surface area contributed by atoms with Gasteiger partial charge in [-0.05, 0) is 103 Å². The van der Waals surface area contributed by atoms with E-state index in [-0.39, 0.29) is 11.8 Å². The fourth-order valence-corrected chi connectivity index (χ4v) is 4.54. The van der Waals surface area contributed by atoms with Gasteiger partial charge in [-0.15, -0.1) is 0 Å². The number of hydrogen-bond acceptors (Lipinski definition) is 4. The van der Waals surface area contributed by atoms with Crippen LogP contribution in [0.4, 0.5) is 0 Å². The van der Waals surface area contributed by atoms with Crippen LogP contribution in [-0.4, -0.2) is 66.8 Å². The second-order valence-electron chi connectivity index (χ2n) is 8.20. The van der Waals surface area contributed by atoms with Crippen molar-refractivity contribution in [2.45, 2.75) is 64.8 Å². The molecule has 0 aromatic carbocycles. The maximum Gasteiger partial charge on any atom is 0.223 e. The van der Waals surface area contributed by atoms with Crippen molar-refractivity contribution in [3.05, 3.63) is 0 Å². The molecule has 2 heterocycles. The fraction of sp³-hybridized carbons (Fsp3) is 0.950. The largest absolute Gasteiger partial charge is 0.356 e. The summed E-state index contributed by atoms with van der Waals surface area (Å²) in [5, 5.41) is 3.17. The molecule has 2 aliphatic rings. The third kappa shape index (κ3) is 7.48. The van der Waals surface area contributed by atoms with Crippen LogP contribution in [0.15, 0.2) is 0 Å². The van der Waals surface area contributed by atoms with Crippen LogP contribution in [0.2, 0.25) is 0 Å². The van der Waals surface area contributed by atoms with Gasteiger partial charge in [-0.3, -0.25) is 4.79 Å². The van der Waals surface area contributed by atoms with E-state index in [0.717, 1.165) is 50.6 Å². The molecule has 0 aromatic rings. The predicted octanol–water partition coefficient (Wildman–Crippen LogP) is 3.04. The highest BCUT2D eigenvalue weighted by atomic mass is 32.1. The topological polar surface area (TPSA) is 35.6 Å². The number of thiol groups is 1. The highest BCUT2D eigenvalue weighted by Crippen LogP contribution is 2.21. The smallest absolute Gasteiger partial charge is 0.223 e. The van der Waals surface area contributed by atoms with Gasteiger partial charge in [0.25, 0.3) is 0 Å². The molecule has 1 amide bonds. The monoisotopic (exact) mass is 369 g/mol. The Balaban J connectivity index is 1.49. The van der Waals surface area contributed by atoms with Crippen molar-refractivity contribution < 1.29 is 4.79 Å². The Hall–Kier alpha value is -0.260. The summed E-state index contributed by atoms with van der Waals surface area (Å²) >= 11 is 4.35. The molecule has 25 heavy (non-hydrogen) atoms. The molecule has 0 saturated carbocycles. The first kappa shape index (κ1) is 21.0. The number of rotatable bonds is 9. The number of nitrogens with one attached hydrogen (secondary N) is 1. The molecule has 0 bridgehead atoms. The summed E-state index contributed by atoms with van der Waals surface area (Å²) < 4.78 is 0. The Kier molecular flexibility index (Phi) is 9.64. The van der Waals surface area contributed by atoms with Gasteiger partial charge < -0.3 is 15.1 Å². The molecular weight excluding hydrogens is 330 g/mol. The highest BCUT2D eigenvalue weighted by molar-refractivity contribution is 7.80. The molecule has 2 saturated heterocycles. The van der Waals surface area contributed by atoms with Crippen molar-refractivity contribution in [1.29, 1.82) is 0 Å². The van der Waals surface area contributed by atoms with Crippen molar-refractivity contribution in [1.82, 2.24) is 15.1 Å². The first-order valence-corrected chi connectivity index (χ1v) is 11.1. The van der Waals surface area contributed by atoms with Crippen LogP contribution >= 0.6 is 12.6 Å². The molecule has 0 unspecified atom stereocenters. The summed E-state index contributed by atoms with van der Waals surface area (Å²) in [6, 6.07) is 0.604. The Bertz CT molecular complexity index is 375. The molecule has 1 N–H and O–H groups in total. The van der Waals surface area contributed by atoms with Crippen LogP contribution in [0.3, 0.4) is 0 Å². The number of piperidine rings is 2. The molecule has 4 nitrogen and oxygen atoms in total. The second-order valence-corrected chi connectivity index (χ2v) is 8.65. The third-order valence-electron chi connectivity index (χ3n) is 6.08. The van der Waals surface area contributed by atoms with Gasteiger partial charge in [0, 0.05) is 18.5 Å². The first-order valence-electron chi connectivity index (χ1n) is 10.4. The standard InChI is InChI=1S/C20H39N3OS/c1-17(2)23-14-7-19(8-15-23)20(24)21-10-3-4-11-22-12-5-18(6-13-22)9-16-25/h17-19,25H,3-16H2,1-2H3,(H,21,24). The maximum absolute atomic E-state index is 12.3. The Morgan fingerprint density at radius 3 is 2.36 bits per heavy atom. The van der Waals surface area contributed by atoms with Crippen LogP contribution in [0.1, 0.15) is 58.8 Å². The van der Waals surface area contributed by atoms with Crippen LogP contribution in [0, 0.1) is 11.8 Å². The maximum atomic E-state index is 12.3. The average Bonchev–Trinajstić information content (AvgIpc) is 2.63. The van der Waals surface area contributed by atoms with Crippen LogP contribution in [0.25, 0.3) is 0 Å². The Morgan fingerprint density at radius 1 is 1.08 bits per heavy atom. The summed E-state index contributed by atoms with van der Waals surface area (Å²) in [5.41, 5.74) is 0. The normalized spacial score (nSPS) is 21.8. The summed E-state index contributed by atoms with van der Waals surface area (Å²) in [6.07, 6.45) is 8.30. The Labute approximate surface area is 160 Å². The summed E-state index contributed by atoms with van der Waals surface area (Å²) in [4.78, 5) is 17.4. The molecule has 146 valence electrons. The van der Waals surface area contributed by atoms with Crippen LogP contribution < -0.4 is 5.32 Å². The molecule has 0 aromatic heterocycles. The summed E-state index contributed by atoms with van der Waals surface area (Å²) in [6.45, 7) is 11.2. The van der Waals surface area contributed by atoms with Crippen LogP contribution in [0.5, 0.6) is 0 Å². The molecule has 0 spiro atoms. The fourth-order valence-electron chi connectivity index (χ4n) is 4.18. The van der Waals surface area contributed by atoms with Crippen molar-refractivity contribution in [2.75, 3.05) is 45.0 Å². The van der Waals surface area contributed by atoms with E-state index in [1.54, 1.807) is 0 Å². The van der Waals surface area contributed by atoms with E-state index in [4.69, 9.17) is 0 Å². The Morgan fingerprint density at radius 2 is 1.76 bits per heavy atom. The molecule has 2 aliphatic heterocycles. The number of likely N-dealkylation sites (tertiary alicyclic amines) is 2. The lowest BCUT2D eigenvalue weighted by Gasteiger charge is -2.34. The first-order chi connectivity index (χ1) is 12.1. The minimum Gasteiger partial charge on any atom is -0.356 e. The van der Waals surface area contributed by atoms with Crippen LogP contribution in [-0.2, 0) is 4.79 Å². The quantitative estimate of drug-likeness (QED) is 0.484. The molecular formula is C20H39N3OS. The SMILES string of the molecule is CC(C)N1CCC(C(=O)NCCCCN2CCC(CCS)CC2)CC1. The van der Waals surface area contributed by atoms with E-state index in [9.17, 15) is 4.79 Å². The number of unbranched alkanes of at least 4 members (excludes halogenated alkanes) is 1. The molecule has 2 rings (SSSR count). The molecule has 5 heteroatoms. The van der Waals surface area contributed by atoms with Crippen molar-refractivity contribution in [2.24, 2.45) is 11.8 Å². The predicted molar refractivity (Wildman–Crippen MR) is 109 cm³/mol. The minimum atomic E-state index is 0.237. The number of carbonyl (C=O) groups is 1. The zero-order valence-corrected chi connectivity index (χ0v) is 17.3. The summed E-state index contributed by atoms with van der Waals surface area (Å²) in [7, 11) is 0. The van der Waals surface area contributed by atoms with Crippen molar-refractivity contribution in [3.63, 3.8) is 0 Å². The number of hydrogen-bond donors (Lipinski definition) is 2. The number of amides is 1. The van der Waals surface area contributed by atoms with Gasteiger partial charge in [-0.25, -0.2) is 0 Å². The third-order valence-corrected chi connectivity index (χ3v) is 6.33. The van der Waals surface area contributed by atoms with E-state index < -0.39 is 0 Å². The highest BCUT2D eigenvalue weighted by Gasteiger charge is 2.25. The lowest BCUT2D eigenvalue weighted by Crippen LogP contribution is -2.43. The van der Waals surface area contributed by atoms with E-state index in [1.165, 1.54) is 45.3 Å². The van der Waals surface area contributed by atoms with Crippen molar-refractivity contribution >= 4 is 18.5 Å². The van der Waals surface area contributed by atoms with Gasteiger partial charge in [0.15, 0.2) is 0 Å². The van der Waals surface area contributed by atoms with Gasteiger partial charge in [-0.2, -0.15) is 12.6 Å². The number of nitrogens with zero attached hydrogens (tertiary/aromatic N) is 2. The minimum absolute atomic E-state index is 0.237. The summed E-state index contributed by atoms with van der Waals surface area (Å²) in [5.74, 6) is 2.45. The van der Waals surface area contributed by atoms with E-state index in [0.29, 0.717) is 6.04 Å². The van der Waals surface area contributed by atoms with E-state index in [1.807, 2.05) is 0 Å². The van der Waals surface area contributed by atoms with Crippen molar-refractivity contribution in [3.8, 4) is 0 Å². The lowest BCUT2D eigenvalue weighted by molar-refractivity contribution is -0.126. The van der Waals surface area contributed by atoms with E-state index >= 15 is 0 Å². The van der Waals surface area contributed by atoms with E-state index in [2.05, 4.69) is 41.6 Å². The second kappa shape index (κ2) is 11.5. The number of carbonyl (C=O) groups excluding carboxylic acids is 1. The van der Waals surface area contributed by atoms with Gasteiger partial charge in [-0.1, -0.05) is 0 Å². The van der Waals surface area contributed by atoms with Gasteiger partial charge in [0.2, 0.25) is 5.91 Å². The van der Waals surface area contributed by atoms with Gasteiger partial charge in [0.05, 0.1) is 0 Å². The molecule has 0 atom stereocenters. The molecule has 0 radical (unpaired) electrons.